The first kappa shape index (κ1) is 20.4. The number of benzene rings is 1. The molecule has 28 heavy (non-hydrogen) atoms. The van der Waals surface area contributed by atoms with Crippen molar-refractivity contribution in [2.45, 2.75) is 57.7 Å². The first-order valence-electron chi connectivity index (χ1n) is 9.66. The van der Waals surface area contributed by atoms with E-state index < -0.39 is 11.8 Å². The Morgan fingerprint density at radius 3 is 2.64 bits per heavy atom. The first-order chi connectivity index (χ1) is 13.3. The van der Waals surface area contributed by atoms with Crippen molar-refractivity contribution in [2.75, 3.05) is 6.54 Å². The molecule has 0 radical (unpaired) electrons. The maximum Gasteiger partial charge on any atom is 0.248 e. The SMILES string of the molecule is C[C@H](c1ccccc1)N(CC(N)=O)Cc1cn(CC2CCC(F)(F)CC2)nn1. The molecule has 3 rings (SSSR count). The maximum absolute atomic E-state index is 13.3. The molecule has 1 heterocycles. The van der Waals surface area contributed by atoms with Crippen molar-refractivity contribution in [1.82, 2.24) is 19.9 Å². The molecular formula is C20H27F2N5O. The number of hydrogen-bond donors (Lipinski definition) is 1. The van der Waals surface area contributed by atoms with Crippen molar-refractivity contribution in [3.8, 4) is 0 Å². The standard InChI is InChI=1S/C20H27F2N5O/c1-15(17-5-3-2-4-6-17)26(14-19(23)28)12-18-13-27(25-24-18)11-16-7-9-20(21,22)10-8-16/h2-6,13,15-16H,7-12,14H2,1H3,(H2,23,28)/t15-/m1/s1. The second-order valence-electron chi connectivity index (χ2n) is 7.69. The minimum Gasteiger partial charge on any atom is -0.369 e. The van der Waals surface area contributed by atoms with Gasteiger partial charge in [0.1, 0.15) is 0 Å². The molecule has 1 saturated carbocycles. The highest BCUT2D eigenvalue weighted by atomic mass is 19.3. The summed E-state index contributed by atoms with van der Waals surface area (Å²) in [5.74, 6) is -2.73. The molecule has 0 bridgehead atoms. The maximum atomic E-state index is 13.3. The van der Waals surface area contributed by atoms with Gasteiger partial charge in [0.05, 0.1) is 12.2 Å². The van der Waals surface area contributed by atoms with Gasteiger partial charge in [0, 0.05) is 38.2 Å². The van der Waals surface area contributed by atoms with Crippen LogP contribution < -0.4 is 5.73 Å². The van der Waals surface area contributed by atoms with Crippen LogP contribution in [0.4, 0.5) is 8.78 Å². The Kier molecular flexibility index (Phi) is 6.39. The molecular weight excluding hydrogens is 364 g/mol. The molecule has 0 unspecified atom stereocenters. The number of nitrogens with two attached hydrogens (primary N) is 1. The van der Waals surface area contributed by atoms with Gasteiger partial charge in [-0.2, -0.15) is 0 Å². The molecule has 0 saturated heterocycles. The molecule has 1 aromatic carbocycles. The summed E-state index contributed by atoms with van der Waals surface area (Å²) in [5.41, 5.74) is 7.24. The minimum atomic E-state index is -2.52. The summed E-state index contributed by atoms with van der Waals surface area (Å²) >= 11 is 0. The Bertz CT molecular complexity index is 770. The third kappa shape index (κ3) is 5.58. The topological polar surface area (TPSA) is 77.0 Å². The third-order valence-electron chi connectivity index (χ3n) is 5.42. The molecule has 1 aromatic heterocycles. The van der Waals surface area contributed by atoms with E-state index in [9.17, 15) is 13.6 Å². The highest BCUT2D eigenvalue weighted by molar-refractivity contribution is 5.76. The predicted octanol–water partition coefficient (Wildman–Crippen LogP) is 3.15. The Morgan fingerprint density at radius 2 is 2.00 bits per heavy atom. The highest BCUT2D eigenvalue weighted by Crippen LogP contribution is 2.36. The molecule has 1 aliphatic carbocycles. The van der Waals surface area contributed by atoms with Crippen LogP contribution in [0.15, 0.2) is 36.5 Å². The number of carbonyl (C=O) groups excluding carboxylic acids is 1. The Hall–Kier alpha value is -2.35. The lowest BCUT2D eigenvalue weighted by Gasteiger charge is -2.28. The molecule has 1 amide bonds. The lowest BCUT2D eigenvalue weighted by Crippen LogP contribution is -2.35. The summed E-state index contributed by atoms with van der Waals surface area (Å²) in [4.78, 5) is 13.5. The summed E-state index contributed by atoms with van der Waals surface area (Å²) < 4.78 is 28.3. The van der Waals surface area contributed by atoms with Gasteiger partial charge in [0.15, 0.2) is 0 Å². The van der Waals surface area contributed by atoms with Gasteiger partial charge < -0.3 is 5.73 Å². The van der Waals surface area contributed by atoms with E-state index >= 15 is 0 Å². The number of halogens is 2. The molecule has 2 aromatic rings. The van der Waals surface area contributed by atoms with Crippen LogP contribution in [0.2, 0.25) is 0 Å². The van der Waals surface area contributed by atoms with Crippen LogP contribution in [0.1, 0.15) is 49.9 Å². The van der Waals surface area contributed by atoms with E-state index in [0.29, 0.717) is 25.9 Å². The van der Waals surface area contributed by atoms with Crippen LogP contribution in [0.3, 0.4) is 0 Å². The molecule has 1 atom stereocenters. The van der Waals surface area contributed by atoms with Gasteiger partial charge in [0.2, 0.25) is 11.8 Å². The van der Waals surface area contributed by atoms with E-state index in [-0.39, 0.29) is 31.3 Å². The number of alkyl halides is 2. The number of aromatic nitrogens is 3. The largest absolute Gasteiger partial charge is 0.369 e. The summed E-state index contributed by atoms with van der Waals surface area (Å²) in [6, 6.07) is 9.86. The quantitative estimate of drug-likeness (QED) is 0.750. The molecule has 8 heteroatoms. The van der Waals surface area contributed by atoms with E-state index in [1.165, 1.54) is 0 Å². The van der Waals surface area contributed by atoms with Gasteiger partial charge >= 0.3 is 0 Å². The normalized spacial score (nSPS) is 18.3. The second kappa shape index (κ2) is 8.77. The Morgan fingerprint density at radius 1 is 1.32 bits per heavy atom. The zero-order valence-electron chi connectivity index (χ0n) is 16.1. The molecule has 1 fully saturated rings. The number of hydrogen-bond acceptors (Lipinski definition) is 4. The summed E-state index contributed by atoms with van der Waals surface area (Å²) in [6.07, 6.45) is 2.72. The summed E-state index contributed by atoms with van der Waals surface area (Å²) in [6.45, 7) is 3.15. The lowest BCUT2D eigenvalue weighted by atomic mass is 9.87. The van der Waals surface area contributed by atoms with Crippen molar-refractivity contribution in [2.24, 2.45) is 11.7 Å². The van der Waals surface area contributed by atoms with E-state index in [0.717, 1.165) is 11.3 Å². The van der Waals surface area contributed by atoms with Gasteiger partial charge in [-0.3, -0.25) is 14.4 Å². The fraction of sp³-hybridized carbons (Fsp3) is 0.550. The molecule has 0 aliphatic heterocycles. The van der Waals surface area contributed by atoms with Crippen molar-refractivity contribution in [3.63, 3.8) is 0 Å². The molecule has 1 aliphatic rings. The fourth-order valence-electron chi connectivity index (χ4n) is 3.73. The van der Waals surface area contributed by atoms with Crippen LogP contribution in [0.5, 0.6) is 0 Å². The van der Waals surface area contributed by atoms with Crippen LogP contribution >= 0.6 is 0 Å². The van der Waals surface area contributed by atoms with Crippen LogP contribution in [0.25, 0.3) is 0 Å². The number of nitrogens with zero attached hydrogens (tertiary/aromatic N) is 4. The Balaban J connectivity index is 1.63. The lowest BCUT2D eigenvalue weighted by molar-refractivity contribution is -0.119. The zero-order chi connectivity index (χ0) is 20.1. The number of carbonyl (C=O) groups is 1. The average Bonchev–Trinajstić information content (AvgIpc) is 3.09. The van der Waals surface area contributed by atoms with Crippen molar-refractivity contribution < 1.29 is 13.6 Å². The van der Waals surface area contributed by atoms with Gasteiger partial charge in [-0.15, -0.1) is 5.10 Å². The molecule has 2 N–H and O–H groups in total. The predicted molar refractivity (Wildman–Crippen MR) is 101 cm³/mol. The van der Waals surface area contributed by atoms with Crippen LogP contribution in [-0.4, -0.2) is 38.3 Å². The van der Waals surface area contributed by atoms with Crippen LogP contribution in [0, 0.1) is 5.92 Å². The monoisotopic (exact) mass is 391 g/mol. The van der Waals surface area contributed by atoms with Crippen LogP contribution in [-0.2, 0) is 17.9 Å². The summed E-state index contributed by atoms with van der Waals surface area (Å²) in [7, 11) is 0. The van der Waals surface area contributed by atoms with Gasteiger partial charge in [-0.05, 0) is 31.2 Å². The van der Waals surface area contributed by atoms with Crippen molar-refractivity contribution >= 4 is 5.91 Å². The number of amides is 1. The molecule has 6 nitrogen and oxygen atoms in total. The molecule has 152 valence electrons. The third-order valence-corrected chi connectivity index (χ3v) is 5.42. The average molecular weight is 391 g/mol. The number of rotatable bonds is 8. The summed E-state index contributed by atoms with van der Waals surface area (Å²) in [5, 5.41) is 8.35. The highest BCUT2D eigenvalue weighted by Gasteiger charge is 2.35. The van der Waals surface area contributed by atoms with E-state index in [2.05, 4.69) is 10.3 Å². The Labute approximate surface area is 163 Å². The number of primary amides is 1. The van der Waals surface area contributed by atoms with Gasteiger partial charge in [0.25, 0.3) is 0 Å². The van der Waals surface area contributed by atoms with Gasteiger partial charge in [-0.1, -0.05) is 35.5 Å². The zero-order valence-corrected chi connectivity index (χ0v) is 16.1. The smallest absolute Gasteiger partial charge is 0.248 e. The van der Waals surface area contributed by atoms with E-state index in [4.69, 9.17) is 5.73 Å². The fourth-order valence-corrected chi connectivity index (χ4v) is 3.73. The first-order valence-corrected chi connectivity index (χ1v) is 9.66. The molecule has 0 spiro atoms. The van der Waals surface area contributed by atoms with E-state index in [1.54, 1.807) is 4.68 Å². The second-order valence-corrected chi connectivity index (χ2v) is 7.69. The van der Waals surface area contributed by atoms with Gasteiger partial charge in [-0.25, -0.2) is 8.78 Å². The van der Waals surface area contributed by atoms with Crippen molar-refractivity contribution in [3.05, 3.63) is 47.8 Å². The minimum absolute atomic E-state index is 0.0144. The van der Waals surface area contributed by atoms with E-state index in [1.807, 2.05) is 48.4 Å². The van der Waals surface area contributed by atoms with Crippen molar-refractivity contribution in [1.29, 1.82) is 0 Å².